The van der Waals surface area contributed by atoms with Crippen LogP contribution in [0.3, 0.4) is 0 Å². The molecule has 3 aromatic rings. The highest BCUT2D eigenvalue weighted by Gasteiger charge is 2.31. The van der Waals surface area contributed by atoms with Gasteiger partial charge in [-0.05, 0) is 106 Å². The molecule has 6 rings (SSSR count). The largest absolute Gasteiger partial charge is 0.481 e. The van der Waals surface area contributed by atoms with E-state index in [9.17, 15) is 14.3 Å². The third-order valence-electron chi connectivity index (χ3n) is 10.9. The van der Waals surface area contributed by atoms with E-state index in [1.54, 1.807) is 12.1 Å². The Bertz CT molecular complexity index is 1500. The van der Waals surface area contributed by atoms with Crippen LogP contribution in [0.1, 0.15) is 105 Å². The molecule has 2 aromatic heterocycles. The van der Waals surface area contributed by atoms with Crippen molar-refractivity contribution in [3.8, 4) is 0 Å². The number of piperidine rings is 1. The molecular formula is C37H52FN7O2. The van der Waals surface area contributed by atoms with Gasteiger partial charge in [-0.1, -0.05) is 26.0 Å². The van der Waals surface area contributed by atoms with E-state index in [2.05, 4.69) is 40.7 Å². The molecule has 47 heavy (non-hydrogen) atoms. The van der Waals surface area contributed by atoms with Gasteiger partial charge in [-0.15, -0.1) is 0 Å². The van der Waals surface area contributed by atoms with Crippen LogP contribution in [0.5, 0.6) is 0 Å². The molecule has 4 atom stereocenters. The van der Waals surface area contributed by atoms with Gasteiger partial charge in [0.2, 0.25) is 0 Å². The highest BCUT2D eigenvalue weighted by molar-refractivity contribution is 5.70. The van der Waals surface area contributed by atoms with Gasteiger partial charge >= 0.3 is 5.97 Å². The van der Waals surface area contributed by atoms with Gasteiger partial charge in [0.1, 0.15) is 17.5 Å². The molecule has 9 nitrogen and oxygen atoms in total. The molecule has 1 saturated heterocycles. The summed E-state index contributed by atoms with van der Waals surface area (Å²) < 4.78 is 16.1. The van der Waals surface area contributed by atoms with Gasteiger partial charge in [0, 0.05) is 49.2 Å². The molecule has 0 bridgehead atoms. The second-order valence-corrected chi connectivity index (χ2v) is 14.4. The van der Waals surface area contributed by atoms with E-state index in [0.717, 1.165) is 105 Å². The average molecular weight is 646 g/mol. The summed E-state index contributed by atoms with van der Waals surface area (Å²) in [5, 5.41) is 21.7. The zero-order chi connectivity index (χ0) is 32.9. The van der Waals surface area contributed by atoms with Crippen LogP contribution >= 0.6 is 0 Å². The van der Waals surface area contributed by atoms with Crippen LogP contribution in [0.15, 0.2) is 36.7 Å². The van der Waals surface area contributed by atoms with Gasteiger partial charge in [0.15, 0.2) is 0 Å². The molecule has 3 N–H and O–H groups in total. The molecule has 254 valence electrons. The minimum Gasteiger partial charge on any atom is -0.481 e. The van der Waals surface area contributed by atoms with Crippen molar-refractivity contribution in [1.29, 1.82) is 0 Å². The molecule has 10 heteroatoms. The molecule has 0 amide bonds. The molecule has 1 aliphatic heterocycles. The first-order valence-electron chi connectivity index (χ1n) is 17.8. The number of anilines is 1. The molecule has 3 heterocycles. The monoisotopic (exact) mass is 645 g/mol. The predicted octanol–water partition coefficient (Wildman–Crippen LogP) is 6.27. The summed E-state index contributed by atoms with van der Waals surface area (Å²) in [7, 11) is 1.96. The smallest absolute Gasteiger partial charge is 0.306 e. The topological polar surface area (TPSA) is 108 Å². The Labute approximate surface area is 278 Å². The zero-order valence-electron chi connectivity index (χ0n) is 28.3. The second kappa shape index (κ2) is 15.2. The number of nitrogens with zero attached hydrogens (tertiary/aromatic N) is 5. The number of likely N-dealkylation sites (tertiary alicyclic amines) is 1. The molecule has 0 spiro atoms. The normalized spacial score (nSPS) is 24.8. The van der Waals surface area contributed by atoms with Crippen molar-refractivity contribution in [2.24, 2.45) is 24.8 Å². The first kappa shape index (κ1) is 33.5. The number of aliphatic carboxylic acids is 1. The summed E-state index contributed by atoms with van der Waals surface area (Å²) in [6.45, 7) is 8.15. The molecule has 2 aliphatic carbocycles. The fourth-order valence-electron chi connectivity index (χ4n) is 8.27. The van der Waals surface area contributed by atoms with E-state index in [1.807, 2.05) is 24.0 Å². The number of halogens is 1. The number of carboxylic acid groups (broad SMARTS) is 1. The summed E-state index contributed by atoms with van der Waals surface area (Å²) in [6, 6.07) is 7.33. The number of fused-ring (bicyclic) bond motifs is 1. The van der Waals surface area contributed by atoms with E-state index in [4.69, 9.17) is 9.97 Å². The van der Waals surface area contributed by atoms with Crippen molar-refractivity contribution in [3.05, 3.63) is 70.7 Å². The number of aromatic nitrogens is 4. The van der Waals surface area contributed by atoms with Crippen molar-refractivity contribution in [2.75, 3.05) is 25.0 Å². The highest BCUT2D eigenvalue weighted by Crippen LogP contribution is 2.37. The van der Waals surface area contributed by atoms with E-state index in [1.165, 1.54) is 18.9 Å². The maximum Gasteiger partial charge on any atom is 0.306 e. The first-order chi connectivity index (χ1) is 22.7. The number of hydrogen-bond acceptors (Lipinski definition) is 7. The number of nitrogens with one attached hydrogen (secondary N) is 2. The Balaban J connectivity index is 1.26. The van der Waals surface area contributed by atoms with Gasteiger partial charge in [-0.3, -0.25) is 9.48 Å². The SMILES string of the molecule is CC[C@@H](NCc1nc2c(c(N[C@@H](CN3CCC[C@H](C)C3)c3cnn(C)c3)n1)C[C@H](c1cccc(F)c1)CC2)C1CCC(C(=O)O)CC1. The maximum atomic E-state index is 14.2. The zero-order valence-corrected chi connectivity index (χ0v) is 28.3. The summed E-state index contributed by atoms with van der Waals surface area (Å²) in [5.41, 5.74) is 4.38. The van der Waals surface area contributed by atoms with Crippen LogP contribution in [-0.2, 0) is 31.2 Å². The fraction of sp³-hybridized carbons (Fsp3) is 0.622. The summed E-state index contributed by atoms with van der Waals surface area (Å²) in [6.07, 6.45) is 13.4. The summed E-state index contributed by atoms with van der Waals surface area (Å²) >= 11 is 0. The van der Waals surface area contributed by atoms with Crippen LogP contribution in [0.2, 0.25) is 0 Å². The first-order valence-corrected chi connectivity index (χ1v) is 17.8. The summed E-state index contributed by atoms with van der Waals surface area (Å²) in [4.78, 5) is 24.4. The highest BCUT2D eigenvalue weighted by atomic mass is 19.1. The lowest BCUT2D eigenvalue weighted by Gasteiger charge is -2.35. The second-order valence-electron chi connectivity index (χ2n) is 14.4. The van der Waals surface area contributed by atoms with Gasteiger partial charge < -0.3 is 20.6 Å². The van der Waals surface area contributed by atoms with Gasteiger partial charge in [-0.2, -0.15) is 5.10 Å². The summed E-state index contributed by atoms with van der Waals surface area (Å²) in [5.74, 6) is 1.94. The molecule has 2 fully saturated rings. The minimum atomic E-state index is -0.661. The van der Waals surface area contributed by atoms with Crippen molar-refractivity contribution in [1.82, 2.24) is 30.0 Å². The van der Waals surface area contributed by atoms with Crippen LogP contribution in [0.4, 0.5) is 10.2 Å². The quantitative estimate of drug-likeness (QED) is 0.212. The lowest BCUT2D eigenvalue weighted by atomic mass is 9.78. The van der Waals surface area contributed by atoms with Crippen LogP contribution < -0.4 is 10.6 Å². The molecule has 1 saturated carbocycles. The Hall–Kier alpha value is -3.37. The molecular weight excluding hydrogens is 593 g/mol. The Morgan fingerprint density at radius 3 is 2.68 bits per heavy atom. The van der Waals surface area contributed by atoms with Crippen LogP contribution in [0.25, 0.3) is 0 Å². The number of rotatable bonds is 12. The standard InChI is InChI=1S/C37H52FN7O2/c1-4-32(25-10-12-26(13-11-25)37(46)47)39-20-35-41-33-15-14-28(27-8-5-9-30(38)17-27)18-31(33)36(43-35)42-34(29-19-40-44(3)22-29)23-45-16-6-7-24(2)21-45/h5,8-9,17,19,22,24-26,28,32,34,39H,4,6-7,10-16,18,20-21,23H2,1-3H3,(H,46,47)(H,41,42,43)/t24-,25?,26?,28+,32+,34-/m0/s1. The van der Waals surface area contributed by atoms with Gasteiger partial charge in [0.25, 0.3) is 0 Å². The number of hydrogen-bond donors (Lipinski definition) is 3. The molecule has 1 aromatic carbocycles. The minimum absolute atomic E-state index is 0.0103. The van der Waals surface area contributed by atoms with Crippen molar-refractivity contribution >= 4 is 11.8 Å². The van der Waals surface area contributed by atoms with Crippen molar-refractivity contribution in [3.63, 3.8) is 0 Å². The number of benzene rings is 1. The lowest BCUT2D eigenvalue weighted by molar-refractivity contribution is -0.143. The van der Waals surface area contributed by atoms with Gasteiger partial charge in [0.05, 0.1) is 24.7 Å². The van der Waals surface area contributed by atoms with E-state index < -0.39 is 5.97 Å². The van der Waals surface area contributed by atoms with Crippen molar-refractivity contribution < 1.29 is 14.3 Å². The number of carboxylic acids is 1. The van der Waals surface area contributed by atoms with Crippen molar-refractivity contribution in [2.45, 2.75) is 103 Å². The Kier molecular flexibility index (Phi) is 10.9. The van der Waals surface area contributed by atoms with Crippen LogP contribution in [0, 0.1) is 23.6 Å². The van der Waals surface area contributed by atoms with E-state index >= 15 is 0 Å². The Morgan fingerprint density at radius 1 is 1.15 bits per heavy atom. The predicted molar refractivity (Wildman–Crippen MR) is 182 cm³/mol. The van der Waals surface area contributed by atoms with Crippen LogP contribution in [-0.4, -0.2) is 61.4 Å². The lowest BCUT2D eigenvalue weighted by Crippen LogP contribution is -2.39. The maximum absolute atomic E-state index is 14.2. The fourth-order valence-corrected chi connectivity index (χ4v) is 8.27. The number of aryl methyl sites for hydroxylation is 2. The molecule has 0 unspecified atom stereocenters. The third-order valence-corrected chi connectivity index (χ3v) is 10.9. The average Bonchev–Trinajstić information content (AvgIpc) is 3.51. The third kappa shape index (κ3) is 8.38. The number of carbonyl (C=O) groups is 1. The van der Waals surface area contributed by atoms with E-state index in [0.29, 0.717) is 24.4 Å². The van der Waals surface area contributed by atoms with Gasteiger partial charge in [-0.25, -0.2) is 14.4 Å². The molecule has 0 radical (unpaired) electrons. The molecule has 3 aliphatic rings. The Morgan fingerprint density at radius 2 is 1.98 bits per heavy atom. The van der Waals surface area contributed by atoms with E-state index in [-0.39, 0.29) is 23.7 Å².